The van der Waals surface area contributed by atoms with Gasteiger partial charge in [0.15, 0.2) is 5.82 Å². The molecule has 3 fully saturated rings. The largest absolute Gasteiger partial charge is 0.390 e. The molecule has 3 aromatic rings. The lowest BCUT2D eigenvalue weighted by atomic mass is 9.63. The van der Waals surface area contributed by atoms with E-state index in [1.54, 1.807) is 0 Å². The lowest BCUT2D eigenvalue weighted by molar-refractivity contribution is -0.130. The maximum atomic E-state index is 13.0. The van der Waals surface area contributed by atoms with Crippen LogP contribution in [0.4, 0.5) is 5.82 Å². The highest BCUT2D eigenvalue weighted by Crippen LogP contribution is 2.46. The second-order valence-electron chi connectivity index (χ2n) is 12.6. The molecule has 0 bridgehead atoms. The predicted octanol–water partition coefficient (Wildman–Crippen LogP) is 5.02. The van der Waals surface area contributed by atoms with Gasteiger partial charge in [-0.05, 0) is 75.0 Å². The molecule has 1 saturated heterocycles. The Balaban J connectivity index is 1.15. The van der Waals surface area contributed by atoms with Crippen molar-refractivity contribution in [2.75, 3.05) is 11.9 Å². The molecule has 2 aliphatic carbocycles. The molecule has 2 amide bonds. The Hall–Kier alpha value is -3.62. The van der Waals surface area contributed by atoms with E-state index in [-0.39, 0.29) is 11.8 Å². The fourth-order valence-electron chi connectivity index (χ4n) is 7.15. The van der Waals surface area contributed by atoms with Crippen LogP contribution in [0.3, 0.4) is 0 Å². The van der Waals surface area contributed by atoms with Crippen LogP contribution < -0.4 is 11.1 Å². The van der Waals surface area contributed by atoms with E-state index < -0.39 is 11.1 Å². The number of nitrogens with two attached hydrogens (primary N) is 1. The minimum atomic E-state index is -0.715. The molecule has 0 radical (unpaired) electrons. The van der Waals surface area contributed by atoms with Crippen molar-refractivity contribution < 1.29 is 14.7 Å². The first kappa shape index (κ1) is 27.5. The summed E-state index contributed by atoms with van der Waals surface area (Å²) in [7, 11) is 0. The summed E-state index contributed by atoms with van der Waals surface area (Å²) in [6, 6.07) is 20.2. The summed E-state index contributed by atoms with van der Waals surface area (Å²) < 4.78 is 0. The second-order valence-corrected chi connectivity index (χ2v) is 12.6. The molecule has 8 nitrogen and oxygen atoms in total. The van der Waals surface area contributed by atoms with Crippen LogP contribution in [-0.2, 0) is 15.1 Å². The quantitative estimate of drug-likeness (QED) is 0.378. The maximum absolute atomic E-state index is 13.0. The summed E-state index contributed by atoms with van der Waals surface area (Å²) in [5, 5.41) is 22.1. The van der Waals surface area contributed by atoms with Gasteiger partial charge in [0.1, 0.15) is 5.69 Å². The van der Waals surface area contributed by atoms with E-state index in [0.29, 0.717) is 43.5 Å². The third-order valence-electron chi connectivity index (χ3n) is 9.11. The number of aliphatic hydroxyl groups is 1. The highest BCUT2D eigenvalue weighted by Gasteiger charge is 2.49. The number of nitrogens with one attached hydrogen (secondary N) is 1. The van der Waals surface area contributed by atoms with E-state index in [1.807, 2.05) is 67.6 Å². The van der Waals surface area contributed by atoms with E-state index in [1.165, 1.54) is 0 Å². The highest BCUT2D eigenvalue weighted by atomic mass is 16.3. The molecule has 2 aromatic carbocycles. The smallest absolute Gasteiger partial charge is 0.225 e. The summed E-state index contributed by atoms with van der Waals surface area (Å²) >= 11 is 0. The molecule has 4 N–H and O–H groups in total. The summed E-state index contributed by atoms with van der Waals surface area (Å²) in [6.07, 6.45) is 7.01. The van der Waals surface area contributed by atoms with Gasteiger partial charge >= 0.3 is 0 Å². The Morgan fingerprint density at radius 2 is 1.73 bits per heavy atom. The van der Waals surface area contributed by atoms with E-state index in [9.17, 15) is 14.7 Å². The number of aromatic nitrogens is 2. The van der Waals surface area contributed by atoms with Gasteiger partial charge in [-0.15, -0.1) is 10.2 Å². The molecular formula is C33H39N5O3. The number of carbonyl (C=O) groups excluding carboxylic acids is 2. The summed E-state index contributed by atoms with van der Waals surface area (Å²) in [5.74, 6) is 0.978. The molecule has 41 heavy (non-hydrogen) atoms. The van der Waals surface area contributed by atoms with Crippen molar-refractivity contribution in [2.45, 2.75) is 81.9 Å². The second kappa shape index (κ2) is 11.0. The monoisotopic (exact) mass is 553 g/mol. The predicted molar refractivity (Wildman–Crippen MR) is 159 cm³/mol. The van der Waals surface area contributed by atoms with Crippen LogP contribution in [0.25, 0.3) is 22.4 Å². The zero-order chi connectivity index (χ0) is 28.6. The topological polar surface area (TPSA) is 121 Å². The molecule has 1 aliphatic heterocycles. The van der Waals surface area contributed by atoms with Gasteiger partial charge in [-0.1, -0.05) is 54.6 Å². The Kier molecular flexibility index (Phi) is 7.38. The van der Waals surface area contributed by atoms with E-state index in [0.717, 1.165) is 66.6 Å². The van der Waals surface area contributed by atoms with Gasteiger partial charge in [0.25, 0.3) is 0 Å². The highest BCUT2D eigenvalue weighted by molar-refractivity contribution is 5.91. The van der Waals surface area contributed by atoms with Crippen molar-refractivity contribution in [2.24, 2.45) is 11.7 Å². The first-order chi connectivity index (χ1) is 19.7. The van der Waals surface area contributed by atoms with E-state index in [4.69, 9.17) is 5.73 Å². The van der Waals surface area contributed by atoms with E-state index >= 15 is 0 Å². The molecular weight excluding hydrogens is 514 g/mol. The van der Waals surface area contributed by atoms with Crippen molar-refractivity contribution in [3.05, 3.63) is 66.2 Å². The van der Waals surface area contributed by atoms with Crippen LogP contribution in [0.2, 0.25) is 0 Å². The first-order valence-corrected chi connectivity index (χ1v) is 14.8. The minimum absolute atomic E-state index is 0.0549. The fourth-order valence-corrected chi connectivity index (χ4v) is 7.15. The van der Waals surface area contributed by atoms with Crippen molar-refractivity contribution >= 4 is 17.6 Å². The van der Waals surface area contributed by atoms with Crippen LogP contribution in [0, 0.1) is 5.92 Å². The van der Waals surface area contributed by atoms with Crippen molar-refractivity contribution in [1.29, 1.82) is 0 Å². The number of benzene rings is 2. The molecule has 0 unspecified atom stereocenters. The van der Waals surface area contributed by atoms with Gasteiger partial charge in [0.2, 0.25) is 11.8 Å². The number of carbonyl (C=O) groups is 2. The van der Waals surface area contributed by atoms with Crippen molar-refractivity contribution in [1.82, 2.24) is 15.1 Å². The molecule has 6 rings (SSSR count). The number of hydrogen-bond acceptors (Lipinski definition) is 6. The summed E-state index contributed by atoms with van der Waals surface area (Å²) in [4.78, 5) is 27.2. The number of rotatable bonds is 7. The summed E-state index contributed by atoms with van der Waals surface area (Å²) in [6.45, 7) is 2.70. The van der Waals surface area contributed by atoms with Crippen LogP contribution in [0.5, 0.6) is 0 Å². The van der Waals surface area contributed by atoms with Gasteiger partial charge in [-0.25, -0.2) is 0 Å². The molecule has 3 aliphatic rings. The van der Waals surface area contributed by atoms with Crippen molar-refractivity contribution in [3.63, 3.8) is 0 Å². The van der Waals surface area contributed by atoms with Gasteiger partial charge in [-0.3, -0.25) is 9.59 Å². The first-order valence-electron chi connectivity index (χ1n) is 14.8. The molecule has 0 atom stereocenters. The lowest BCUT2D eigenvalue weighted by Crippen LogP contribution is -2.58. The normalized spacial score (nSPS) is 27.9. The third-order valence-corrected chi connectivity index (χ3v) is 9.11. The molecule has 214 valence electrons. The van der Waals surface area contributed by atoms with Gasteiger partial charge in [-0.2, -0.15) is 0 Å². The molecule has 2 heterocycles. The Bertz CT molecular complexity index is 1410. The Labute approximate surface area is 241 Å². The number of amides is 2. The number of anilines is 1. The van der Waals surface area contributed by atoms with Crippen LogP contribution in [0.1, 0.15) is 70.3 Å². The maximum Gasteiger partial charge on any atom is 0.225 e. The number of nitrogens with zero attached hydrogens (tertiary/aromatic N) is 3. The average Bonchev–Trinajstić information content (AvgIpc) is 3.38. The Morgan fingerprint density at radius 1 is 1.02 bits per heavy atom. The van der Waals surface area contributed by atoms with E-state index in [2.05, 4.69) is 20.4 Å². The SMILES string of the molecule is C[C@]1(O)C[C@@](N)(c2ccc(-c3nnc(NC(=O)CC4CCC(N5CCCC5=O)CC4)cc3-c3ccccc3)cc2)C1. The average molecular weight is 554 g/mol. The lowest BCUT2D eigenvalue weighted by Gasteiger charge is -2.49. The van der Waals surface area contributed by atoms with Gasteiger partial charge in [0.05, 0.1) is 5.60 Å². The molecule has 8 heteroatoms. The van der Waals surface area contributed by atoms with Crippen LogP contribution >= 0.6 is 0 Å². The molecule has 2 saturated carbocycles. The zero-order valence-corrected chi connectivity index (χ0v) is 23.7. The van der Waals surface area contributed by atoms with Gasteiger partial charge in [0, 0.05) is 42.1 Å². The van der Waals surface area contributed by atoms with Crippen LogP contribution in [0.15, 0.2) is 60.7 Å². The van der Waals surface area contributed by atoms with Crippen molar-refractivity contribution in [3.8, 4) is 22.4 Å². The summed E-state index contributed by atoms with van der Waals surface area (Å²) in [5.41, 5.74) is 9.79. The third kappa shape index (κ3) is 5.90. The zero-order valence-electron chi connectivity index (χ0n) is 23.7. The minimum Gasteiger partial charge on any atom is -0.390 e. The molecule has 1 aromatic heterocycles. The van der Waals surface area contributed by atoms with Gasteiger partial charge < -0.3 is 21.1 Å². The fraction of sp³-hybridized carbons (Fsp3) is 0.455. The molecule has 0 spiro atoms. The number of hydrogen-bond donors (Lipinski definition) is 3. The number of likely N-dealkylation sites (tertiary alicyclic amines) is 1. The Morgan fingerprint density at radius 3 is 2.37 bits per heavy atom. The van der Waals surface area contributed by atoms with Crippen LogP contribution in [-0.4, -0.2) is 50.2 Å². The standard InChI is InChI=1S/C33H39N5O3/c1-32(41)20-33(34,21-32)25-13-11-24(12-14-25)31-27(23-6-3-2-4-7-23)19-28(36-37-31)35-29(39)18-22-9-15-26(16-10-22)38-17-5-8-30(38)40/h2-4,6-7,11-14,19,22,26,41H,5,8-10,15-18,20-21,34H2,1H3,(H,35,36,39)/t22?,26?,32-,33-.